The van der Waals surface area contributed by atoms with Gasteiger partial charge < -0.3 is 9.47 Å². The minimum absolute atomic E-state index is 0.00951. The van der Waals surface area contributed by atoms with Gasteiger partial charge in [0.25, 0.3) is 0 Å². The molecule has 1 aliphatic heterocycles. The zero-order valence-electron chi connectivity index (χ0n) is 17.5. The maximum atomic E-state index is 14.6. The van der Waals surface area contributed by atoms with Gasteiger partial charge in [0, 0.05) is 5.56 Å². The van der Waals surface area contributed by atoms with Crippen LogP contribution in [0.2, 0.25) is 0 Å². The van der Waals surface area contributed by atoms with Gasteiger partial charge in [0.1, 0.15) is 5.82 Å². The van der Waals surface area contributed by atoms with Gasteiger partial charge in [0.15, 0.2) is 12.0 Å². The first-order chi connectivity index (χ1) is 13.5. The second-order valence-electron chi connectivity index (χ2n) is 8.92. The summed E-state index contributed by atoms with van der Waals surface area (Å²) in [7, 11) is 0. The molecule has 0 radical (unpaired) electrons. The summed E-state index contributed by atoms with van der Waals surface area (Å²) in [5.41, 5.74) is -0.0132. The largest absolute Gasteiger partial charge is 0.345 e. The summed E-state index contributed by atoms with van der Waals surface area (Å²) in [5.74, 6) is 1.44. The maximum absolute atomic E-state index is 14.6. The number of ether oxygens (including phenoxy) is 2. The Hall–Kier alpha value is -1.00. The molecule has 0 bridgehead atoms. The average Bonchev–Trinajstić information content (AvgIpc) is 2.69. The predicted molar refractivity (Wildman–Crippen MR) is 108 cm³/mol. The van der Waals surface area contributed by atoms with E-state index in [2.05, 4.69) is 6.92 Å². The van der Waals surface area contributed by atoms with Crippen molar-refractivity contribution in [2.75, 3.05) is 13.2 Å². The van der Waals surface area contributed by atoms with Crippen LogP contribution in [0.4, 0.5) is 8.78 Å². The van der Waals surface area contributed by atoms with Crippen LogP contribution in [-0.4, -0.2) is 18.9 Å². The molecular formula is C24H36F2O2. The number of hydrogen-bond acceptors (Lipinski definition) is 2. The minimum atomic E-state index is -1.42. The SMILES string of the molecule is CCCC1CCC(CCc2ccc(C3OCC(F)(CCC)CO3)cc2F)CC1. The summed E-state index contributed by atoms with van der Waals surface area (Å²) in [4.78, 5) is 0. The highest BCUT2D eigenvalue weighted by Crippen LogP contribution is 2.35. The second-order valence-corrected chi connectivity index (χ2v) is 8.92. The molecule has 158 valence electrons. The molecule has 1 aliphatic carbocycles. The molecule has 1 aromatic carbocycles. The molecule has 2 aliphatic rings. The van der Waals surface area contributed by atoms with Crippen molar-refractivity contribution < 1.29 is 18.3 Å². The molecule has 0 atom stereocenters. The van der Waals surface area contributed by atoms with Crippen molar-refractivity contribution in [3.63, 3.8) is 0 Å². The third-order valence-corrected chi connectivity index (χ3v) is 6.52. The molecule has 0 unspecified atom stereocenters. The molecular weight excluding hydrogens is 358 g/mol. The molecule has 2 fully saturated rings. The fourth-order valence-electron chi connectivity index (χ4n) is 4.81. The minimum Gasteiger partial charge on any atom is -0.345 e. The van der Waals surface area contributed by atoms with Crippen LogP contribution in [0, 0.1) is 17.7 Å². The Labute approximate surface area is 169 Å². The molecule has 1 saturated heterocycles. The smallest absolute Gasteiger partial charge is 0.184 e. The van der Waals surface area contributed by atoms with Gasteiger partial charge >= 0.3 is 0 Å². The van der Waals surface area contributed by atoms with E-state index < -0.39 is 12.0 Å². The van der Waals surface area contributed by atoms with E-state index in [-0.39, 0.29) is 19.0 Å². The van der Waals surface area contributed by atoms with Crippen molar-refractivity contribution in [1.29, 1.82) is 0 Å². The van der Waals surface area contributed by atoms with Gasteiger partial charge in [-0.15, -0.1) is 0 Å². The molecule has 28 heavy (non-hydrogen) atoms. The number of hydrogen-bond donors (Lipinski definition) is 0. The van der Waals surface area contributed by atoms with E-state index in [1.807, 2.05) is 19.1 Å². The van der Waals surface area contributed by atoms with Crippen LogP contribution in [0.3, 0.4) is 0 Å². The average molecular weight is 395 g/mol. The zero-order valence-corrected chi connectivity index (χ0v) is 17.5. The first kappa shape index (κ1) is 21.7. The third-order valence-electron chi connectivity index (χ3n) is 6.52. The van der Waals surface area contributed by atoms with Crippen molar-refractivity contribution >= 4 is 0 Å². The fraction of sp³-hybridized carbons (Fsp3) is 0.750. The summed E-state index contributed by atoms with van der Waals surface area (Å²) >= 11 is 0. The number of halogens is 2. The van der Waals surface area contributed by atoms with Crippen LogP contribution < -0.4 is 0 Å². The van der Waals surface area contributed by atoms with E-state index in [4.69, 9.17) is 9.47 Å². The monoisotopic (exact) mass is 394 g/mol. The summed E-state index contributed by atoms with van der Waals surface area (Å²) < 4.78 is 40.1. The molecule has 0 aromatic heterocycles. The van der Waals surface area contributed by atoms with Gasteiger partial charge in [-0.2, -0.15) is 0 Å². The van der Waals surface area contributed by atoms with Crippen LogP contribution in [0.15, 0.2) is 18.2 Å². The number of alkyl halides is 1. The van der Waals surface area contributed by atoms with Crippen molar-refractivity contribution in [2.45, 2.75) is 90.0 Å². The van der Waals surface area contributed by atoms with E-state index in [0.717, 1.165) is 36.7 Å². The lowest BCUT2D eigenvalue weighted by Gasteiger charge is -2.34. The van der Waals surface area contributed by atoms with E-state index in [9.17, 15) is 8.78 Å². The lowest BCUT2D eigenvalue weighted by molar-refractivity contribution is -0.239. The lowest BCUT2D eigenvalue weighted by Crippen LogP contribution is -2.41. The molecule has 2 nitrogen and oxygen atoms in total. The number of aryl methyl sites for hydroxylation is 1. The summed E-state index contributed by atoms with van der Waals surface area (Å²) in [6.07, 6.45) is 10.2. The highest BCUT2D eigenvalue weighted by atomic mass is 19.1. The molecule has 1 aromatic rings. The maximum Gasteiger partial charge on any atom is 0.184 e. The Morgan fingerprint density at radius 3 is 2.18 bits per heavy atom. The summed E-state index contributed by atoms with van der Waals surface area (Å²) in [5, 5.41) is 0. The lowest BCUT2D eigenvalue weighted by atomic mass is 9.78. The Kier molecular flexibility index (Phi) is 7.87. The van der Waals surface area contributed by atoms with E-state index in [0.29, 0.717) is 12.0 Å². The third kappa shape index (κ3) is 5.76. The van der Waals surface area contributed by atoms with Gasteiger partial charge in [0.05, 0.1) is 13.2 Å². The Morgan fingerprint density at radius 2 is 1.61 bits per heavy atom. The van der Waals surface area contributed by atoms with Crippen LogP contribution in [0.5, 0.6) is 0 Å². The molecule has 1 saturated carbocycles. The Balaban J connectivity index is 1.48. The highest BCUT2D eigenvalue weighted by molar-refractivity contribution is 5.25. The zero-order chi connectivity index (χ0) is 20.0. The molecule has 0 N–H and O–H groups in total. The van der Waals surface area contributed by atoms with Crippen molar-refractivity contribution in [2.24, 2.45) is 11.8 Å². The molecule has 1 heterocycles. The van der Waals surface area contributed by atoms with Gasteiger partial charge in [0.2, 0.25) is 0 Å². The quantitative estimate of drug-likeness (QED) is 0.476. The second kappa shape index (κ2) is 10.2. The predicted octanol–water partition coefficient (Wildman–Crippen LogP) is 6.92. The molecule has 4 heteroatoms. The molecule has 0 amide bonds. The van der Waals surface area contributed by atoms with Gasteiger partial charge in [-0.3, -0.25) is 0 Å². The van der Waals surface area contributed by atoms with E-state index >= 15 is 0 Å². The van der Waals surface area contributed by atoms with Gasteiger partial charge in [-0.1, -0.05) is 70.9 Å². The Bertz CT molecular complexity index is 603. The van der Waals surface area contributed by atoms with Gasteiger partial charge in [-0.25, -0.2) is 8.78 Å². The van der Waals surface area contributed by atoms with Crippen molar-refractivity contribution in [3.05, 3.63) is 35.1 Å². The van der Waals surface area contributed by atoms with E-state index in [1.54, 1.807) is 0 Å². The molecule has 0 spiro atoms. The van der Waals surface area contributed by atoms with Crippen molar-refractivity contribution in [3.8, 4) is 0 Å². The van der Waals surface area contributed by atoms with Crippen LogP contribution in [0.25, 0.3) is 0 Å². The highest BCUT2D eigenvalue weighted by Gasteiger charge is 2.36. The van der Waals surface area contributed by atoms with Crippen molar-refractivity contribution in [1.82, 2.24) is 0 Å². The van der Waals surface area contributed by atoms with Crippen LogP contribution in [-0.2, 0) is 15.9 Å². The molecule has 3 rings (SSSR count). The number of benzene rings is 1. The fourth-order valence-corrected chi connectivity index (χ4v) is 4.81. The summed E-state index contributed by atoms with van der Waals surface area (Å²) in [6, 6.07) is 5.22. The normalized spacial score (nSPS) is 31.1. The van der Waals surface area contributed by atoms with Crippen LogP contribution >= 0.6 is 0 Å². The van der Waals surface area contributed by atoms with Crippen LogP contribution in [0.1, 0.15) is 89.1 Å². The Morgan fingerprint density at radius 1 is 0.964 bits per heavy atom. The first-order valence-electron chi connectivity index (χ1n) is 11.2. The van der Waals surface area contributed by atoms with E-state index in [1.165, 1.54) is 44.6 Å². The topological polar surface area (TPSA) is 18.5 Å². The van der Waals surface area contributed by atoms with Gasteiger partial charge in [-0.05, 0) is 42.7 Å². The summed E-state index contributed by atoms with van der Waals surface area (Å²) in [6.45, 7) is 4.23. The first-order valence-corrected chi connectivity index (χ1v) is 11.2. The number of rotatable bonds is 8. The standard InChI is InChI=1S/C24H36F2O2/c1-3-5-18-6-8-19(9-7-18)10-11-20-12-13-21(15-22(20)25)23-27-16-24(26,14-4-2)17-28-23/h12-13,15,18-19,23H,3-11,14,16-17H2,1-2H3.